The predicted octanol–water partition coefficient (Wildman–Crippen LogP) is 18.4. The van der Waals surface area contributed by atoms with Crippen LogP contribution in [0, 0.1) is 0 Å². The maximum atomic E-state index is 12.4. The molecule has 0 aliphatic rings. The van der Waals surface area contributed by atoms with Gasteiger partial charge in [0.1, 0.15) is 23.0 Å². The Morgan fingerprint density at radius 1 is 0.282 bits per heavy atom. The van der Waals surface area contributed by atoms with Crippen LogP contribution in [0.1, 0.15) is 230 Å². The Balaban J connectivity index is 0.000000480. The van der Waals surface area contributed by atoms with Gasteiger partial charge in [-0.15, -0.1) is 0 Å². The van der Waals surface area contributed by atoms with Crippen LogP contribution in [-0.2, 0) is 51.9 Å². The van der Waals surface area contributed by atoms with Crippen LogP contribution >= 0.6 is 15.6 Å². The van der Waals surface area contributed by atoms with E-state index in [2.05, 4.69) is 27.7 Å². The van der Waals surface area contributed by atoms with Gasteiger partial charge in [-0.2, -0.15) is 0 Å². The SMILES string of the molecule is CCCCCCCCCc1ccc(OP(=O)([O-])Oc2ccc(CCCCCCCCC)cc2)cc1.CCCCCCCCCc1ccc(OP(=O)([O-])Oc2ccc(CCCCCCCCC)cc2)cc1.[Fe+2]. The van der Waals surface area contributed by atoms with Gasteiger partial charge in [0, 0.05) is 0 Å². The molecule has 8 nitrogen and oxygen atoms in total. The summed E-state index contributed by atoms with van der Waals surface area (Å²) in [5.41, 5.74) is 4.79. The van der Waals surface area contributed by atoms with Crippen molar-refractivity contribution in [3.05, 3.63) is 119 Å². The first-order chi connectivity index (χ1) is 34.0. The molecule has 0 aliphatic carbocycles. The zero-order valence-corrected chi connectivity index (χ0v) is 47.3. The molecule has 0 aromatic heterocycles. The van der Waals surface area contributed by atoms with E-state index in [1.165, 1.54) is 176 Å². The van der Waals surface area contributed by atoms with E-state index in [1.54, 1.807) is 48.5 Å². The van der Waals surface area contributed by atoms with Crippen molar-refractivity contribution in [1.29, 1.82) is 0 Å². The molecule has 0 unspecified atom stereocenters. The number of phosphoric acid groups is 2. The molecule has 0 heterocycles. The Kier molecular flexibility index (Phi) is 36.4. The van der Waals surface area contributed by atoms with Crippen LogP contribution in [0.4, 0.5) is 0 Å². The summed E-state index contributed by atoms with van der Waals surface area (Å²) in [6.07, 6.45) is 39.8. The van der Waals surface area contributed by atoms with Crippen molar-refractivity contribution in [3.63, 3.8) is 0 Å². The summed E-state index contributed by atoms with van der Waals surface area (Å²) in [6.45, 7) is 8.95. The minimum absolute atomic E-state index is 0. The first-order valence-electron chi connectivity index (χ1n) is 27.8. The Bertz CT molecular complexity index is 1680. The van der Waals surface area contributed by atoms with Crippen LogP contribution in [0.5, 0.6) is 23.0 Å². The van der Waals surface area contributed by atoms with E-state index in [1.807, 2.05) is 48.5 Å². The van der Waals surface area contributed by atoms with Gasteiger partial charge in [-0.3, -0.25) is 0 Å². The molecule has 0 saturated heterocycles. The summed E-state index contributed by atoms with van der Waals surface area (Å²) in [5.74, 6) is 1.12. The Morgan fingerprint density at radius 3 is 0.606 bits per heavy atom. The molecule has 0 amide bonds. The van der Waals surface area contributed by atoms with Crippen LogP contribution in [-0.4, -0.2) is 0 Å². The van der Waals surface area contributed by atoms with Crippen LogP contribution in [0.3, 0.4) is 0 Å². The van der Waals surface area contributed by atoms with E-state index in [-0.39, 0.29) is 40.1 Å². The largest absolute Gasteiger partial charge is 2.00 e. The molecular formula is C60H92FeO8P2. The number of hydrogen-bond acceptors (Lipinski definition) is 8. The van der Waals surface area contributed by atoms with E-state index in [9.17, 15) is 18.9 Å². The van der Waals surface area contributed by atoms with Crippen molar-refractivity contribution < 1.29 is 54.1 Å². The molecule has 0 aliphatic heterocycles. The fraction of sp³-hybridized carbons (Fsp3) is 0.600. The molecule has 0 radical (unpaired) electrons. The first-order valence-corrected chi connectivity index (χ1v) is 30.7. The molecule has 11 heteroatoms. The summed E-state index contributed by atoms with van der Waals surface area (Å²) in [4.78, 5) is 24.7. The third kappa shape index (κ3) is 32.7. The fourth-order valence-corrected chi connectivity index (χ4v) is 10.2. The molecular weight excluding hydrogens is 966 g/mol. The predicted molar refractivity (Wildman–Crippen MR) is 290 cm³/mol. The first kappa shape index (κ1) is 64.1. The van der Waals surface area contributed by atoms with Crippen LogP contribution in [0.15, 0.2) is 97.1 Å². The van der Waals surface area contributed by atoms with Gasteiger partial charge in [-0.05, 0) is 122 Å². The van der Waals surface area contributed by atoms with E-state index in [4.69, 9.17) is 18.1 Å². The number of hydrogen-bond donors (Lipinski definition) is 0. The quantitative estimate of drug-likeness (QED) is 0.0246. The molecule has 0 atom stereocenters. The van der Waals surface area contributed by atoms with Gasteiger partial charge in [0.15, 0.2) is 0 Å². The normalized spacial score (nSPS) is 11.4. The molecule has 4 rings (SSSR count). The Labute approximate surface area is 442 Å². The number of rotatable bonds is 40. The van der Waals surface area contributed by atoms with Gasteiger partial charge in [0.2, 0.25) is 0 Å². The second-order valence-electron chi connectivity index (χ2n) is 19.3. The zero-order valence-electron chi connectivity index (χ0n) is 44.4. The van der Waals surface area contributed by atoms with E-state index in [0.29, 0.717) is 0 Å². The fourth-order valence-electron chi connectivity index (χ4n) is 8.57. The maximum absolute atomic E-state index is 12.4. The average molecular weight is 1060 g/mol. The molecule has 0 N–H and O–H groups in total. The molecule has 0 fully saturated rings. The second kappa shape index (κ2) is 40.4. The van der Waals surface area contributed by atoms with Gasteiger partial charge in [0.05, 0.1) is 0 Å². The van der Waals surface area contributed by atoms with Crippen molar-refractivity contribution >= 4 is 15.6 Å². The Morgan fingerprint density at radius 2 is 0.437 bits per heavy atom. The summed E-state index contributed by atoms with van der Waals surface area (Å²) in [7, 11) is -8.99. The molecule has 71 heavy (non-hydrogen) atoms. The number of benzene rings is 4. The van der Waals surface area contributed by atoms with Gasteiger partial charge in [0.25, 0.3) is 0 Å². The standard InChI is InChI=1S/2C30H47O4P.Fe/c2*1-3-5-7-9-11-13-15-17-27-19-23-29(24-20-27)33-35(31,32)34-30-25-21-28(22-26-30)18-16-14-12-10-8-6-4-2;/h2*19-26H,3-18H2,1-2H3,(H,31,32);/q;;+2/p-2. The van der Waals surface area contributed by atoms with Gasteiger partial charge >= 0.3 is 32.7 Å². The maximum Gasteiger partial charge on any atom is 2.00 e. The summed E-state index contributed by atoms with van der Waals surface area (Å²) >= 11 is 0. The molecule has 0 spiro atoms. The van der Waals surface area contributed by atoms with E-state index in [0.717, 1.165) is 51.4 Å². The number of aryl methyl sites for hydroxylation is 4. The smallest absolute Gasteiger partial charge is 0.736 e. The zero-order chi connectivity index (χ0) is 50.4. The topological polar surface area (TPSA) is 117 Å². The third-order valence-corrected chi connectivity index (χ3v) is 14.6. The van der Waals surface area contributed by atoms with Crippen molar-refractivity contribution in [2.75, 3.05) is 0 Å². The number of unbranched alkanes of at least 4 members (excludes halogenated alkanes) is 24. The summed E-state index contributed by atoms with van der Waals surface area (Å²) < 4.78 is 45.4. The van der Waals surface area contributed by atoms with E-state index < -0.39 is 15.6 Å². The van der Waals surface area contributed by atoms with Crippen molar-refractivity contribution in [2.45, 2.75) is 233 Å². The minimum Gasteiger partial charge on any atom is -0.736 e. The molecule has 0 bridgehead atoms. The van der Waals surface area contributed by atoms with Crippen LogP contribution < -0.4 is 27.9 Å². The van der Waals surface area contributed by atoms with Crippen LogP contribution in [0.25, 0.3) is 0 Å². The Hall–Kier alpha value is -3.02. The van der Waals surface area contributed by atoms with Gasteiger partial charge < -0.3 is 27.9 Å². The second-order valence-corrected chi connectivity index (χ2v) is 21.8. The average Bonchev–Trinajstić information content (AvgIpc) is 3.34. The molecule has 4 aromatic carbocycles. The van der Waals surface area contributed by atoms with Crippen molar-refractivity contribution in [1.82, 2.24) is 0 Å². The molecule has 4 aromatic rings. The van der Waals surface area contributed by atoms with Gasteiger partial charge in [-0.25, -0.2) is 9.13 Å². The monoisotopic (exact) mass is 1060 g/mol. The number of phosphoric ester groups is 2. The third-order valence-electron chi connectivity index (χ3n) is 12.8. The molecule has 398 valence electrons. The van der Waals surface area contributed by atoms with Crippen LogP contribution in [0.2, 0.25) is 0 Å². The van der Waals surface area contributed by atoms with E-state index >= 15 is 0 Å². The van der Waals surface area contributed by atoms with Gasteiger partial charge in [-0.1, -0.05) is 230 Å². The van der Waals surface area contributed by atoms with Crippen molar-refractivity contribution in [2.24, 2.45) is 0 Å². The minimum atomic E-state index is -4.50. The molecule has 0 saturated carbocycles. The van der Waals surface area contributed by atoms with Crippen molar-refractivity contribution in [3.8, 4) is 23.0 Å². The summed E-state index contributed by atoms with van der Waals surface area (Å²) in [6, 6.07) is 29.1. The summed E-state index contributed by atoms with van der Waals surface area (Å²) in [5, 5.41) is 0.